The molecule has 41 heavy (non-hydrogen) atoms. The molecule has 0 heterocycles. The molecule has 0 fully saturated rings. The number of benzene rings is 3. The highest BCUT2D eigenvalue weighted by Gasteiger charge is 2.34. The molecule has 0 aromatic heterocycles. The lowest BCUT2D eigenvalue weighted by Crippen LogP contribution is -2.52. The summed E-state index contributed by atoms with van der Waals surface area (Å²) in [6, 6.07) is 17.6. The molecule has 0 saturated heterocycles. The molecule has 8 nitrogen and oxygen atoms in total. The maximum absolute atomic E-state index is 14.1. The van der Waals surface area contributed by atoms with Crippen LogP contribution in [0.2, 0.25) is 5.02 Å². The zero-order chi connectivity index (χ0) is 30.3. The highest BCUT2D eigenvalue weighted by Crippen LogP contribution is 2.35. The molecule has 0 spiro atoms. The van der Waals surface area contributed by atoms with Gasteiger partial charge < -0.3 is 15.0 Å². The van der Waals surface area contributed by atoms with Gasteiger partial charge in [-0.15, -0.1) is 0 Å². The first-order valence-electron chi connectivity index (χ1n) is 13.5. The summed E-state index contributed by atoms with van der Waals surface area (Å²) in [5.41, 5.74) is 2.81. The molecule has 0 radical (unpaired) electrons. The van der Waals surface area contributed by atoms with Crippen molar-refractivity contribution >= 4 is 39.1 Å². The van der Waals surface area contributed by atoms with Crippen LogP contribution in [-0.2, 0) is 26.2 Å². The number of methoxy groups -OCH3 is 1. The number of ether oxygens (including phenoxy) is 1. The number of hydrogen-bond acceptors (Lipinski definition) is 5. The molecule has 3 aromatic rings. The molecule has 0 aliphatic rings. The van der Waals surface area contributed by atoms with Gasteiger partial charge in [-0.25, -0.2) is 8.42 Å². The van der Waals surface area contributed by atoms with E-state index in [9.17, 15) is 18.0 Å². The monoisotopic (exact) mass is 599 g/mol. The number of aryl methyl sites for hydroxylation is 2. The summed E-state index contributed by atoms with van der Waals surface area (Å²) in [5.74, 6) is -0.657. The molecule has 0 bridgehead atoms. The molecule has 3 aromatic carbocycles. The van der Waals surface area contributed by atoms with E-state index in [1.807, 2.05) is 52.0 Å². The molecule has 0 saturated carbocycles. The lowest BCUT2D eigenvalue weighted by atomic mass is 10.1. The fourth-order valence-electron chi connectivity index (χ4n) is 4.26. The molecule has 0 aliphatic carbocycles. The first kappa shape index (κ1) is 32.0. The molecule has 1 N–H and O–H groups in total. The minimum atomic E-state index is -4.25. The van der Waals surface area contributed by atoms with Crippen molar-refractivity contribution in [1.29, 1.82) is 0 Å². The number of rotatable bonds is 12. The van der Waals surface area contributed by atoms with Gasteiger partial charge in [-0.2, -0.15) is 0 Å². The molecular weight excluding hydrogens is 562 g/mol. The molecule has 220 valence electrons. The van der Waals surface area contributed by atoms with Crippen LogP contribution in [0.15, 0.2) is 71.6 Å². The van der Waals surface area contributed by atoms with Crippen LogP contribution >= 0.6 is 11.6 Å². The third-order valence-electron chi connectivity index (χ3n) is 6.90. The molecular formula is C31H38ClN3O5S. The topological polar surface area (TPSA) is 96.0 Å². The number of anilines is 1. The largest absolute Gasteiger partial charge is 0.495 e. The summed E-state index contributed by atoms with van der Waals surface area (Å²) in [6.45, 7) is 8.81. The minimum absolute atomic E-state index is 0.00530. The normalized spacial score (nSPS) is 12.8. The van der Waals surface area contributed by atoms with E-state index in [2.05, 4.69) is 5.32 Å². The average molecular weight is 600 g/mol. The van der Waals surface area contributed by atoms with Crippen molar-refractivity contribution in [1.82, 2.24) is 10.2 Å². The Morgan fingerprint density at radius 3 is 2.27 bits per heavy atom. The van der Waals surface area contributed by atoms with Gasteiger partial charge in [0.2, 0.25) is 11.8 Å². The average Bonchev–Trinajstić information content (AvgIpc) is 2.94. The van der Waals surface area contributed by atoms with Crippen LogP contribution in [-0.4, -0.2) is 50.9 Å². The van der Waals surface area contributed by atoms with Crippen LogP contribution in [0.4, 0.5) is 5.69 Å². The van der Waals surface area contributed by atoms with Crippen molar-refractivity contribution in [3.8, 4) is 5.75 Å². The molecule has 2 atom stereocenters. The van der Waals surface area contributed by atoms with E-state index in [1.54, 1.807) is 31.2 Å². The Labute approximate surface area is 248 Å². The fraction of sp³-hybridized carbons (Fsp3) is 0.355. The Bertz CT molecular complexity index is 1480. The van der Waals surface area contributed by atoms with E-state index in [-0.39, 0.29) is 39.8 Å². The summed E-state index contributed by atoms with van der Waals surface area (Å²) >= 11 is 6.28. The third kappa shape index (κ3) is 8.01. The number of carbonyl (C=O) groups is 2. The van der Waals surface area contributed by atoms with Gasteiger partial charge in [0.25, 0.3) is 10.0 Å². The van der Waals surface area contributed by atoms with E-state index in [1.165, 1.54) is 30.2 Å². The Hall–Kier alpha value is -3.56. The minimum Gasteiger partial charge on any atom is -0.495 e. The first-order valence-corrected chi connectivity index (χ1v) is 15.3. The third-order valence-corrected chi connectivity index (χ3v) is 8.91. The first-order chi connectivity index (χ1) is 19.4. The van der Waals surface area contributed by atoms with Crippen LogP contribution in [0.1, 0.15) is 43.9 Å². The fourth-order valence-corrected chi connectivity index (χ4v) is 5.85. The summed E-state index contributed by atoms with van der Waals surface area (Å²) in [5, 5.41) is 3.21. The Balaban J connectivity index is 2.10. The van der Waals surface area contributed by atoms with Crippen molar-refractivity contribution in [2.75, 3.05) is 18.0 Å². The van der Waals surface area contributed by atoms with E-state index in [0.717, 1.165) is 27.4 Å². The van der Waals surface area contributed by atoms with E-state index < -0.39 is 28.5 Å². The molecule has 10 heteroatoms. The summed E-state index contributed by atoms with van der Waals surface area (Å²) in [6.07, 6.45) is 0.724. The van der Waals surface area contributed by atoms with Crippen molar-refractivity contribution in [2.45, 2.75) is 64.6 Å². The van der Waals surface area contributed by atoms with Crippen LogP contribution in [0.25, 0.3) is 0 Å². The maximum atomic E-state index is 14.1. The second kappa shape index (κ2) is 13.9. The van der Waals surface area contributed by atoms with Crippen LogP contribution in [0, 0.1) is 13.8 Å². The van der Waals surface area contributed by atoms with Gasteiger partial charge in [-0.3, -0.25) is 13.9 Å². The Morgan fingerprint density at radius 1 is 0.976 bits per heavy atom. The molecule has 2 amide bonds. The molecule has 0 unspecified atom stereocenters. The van der Waals surface area contributed by atoms with Crippen molar-refractivity contribution < 1.29 is 22.7 Å². The van der Waals surface area contributed by atoms with Crippen LogP contribution < -0.4 is 14.4 Å². The van der Waals surface area contributed by atoms with Gasteiger partial charge in [0.05, 0.1) is 17.7 Å². The Kier molecular flexibility index (Phi) is 10.8. The Morgan fingerprint density at radius 2 is 1.66 bits per heavy atom. The predicted octanol–water partition coefficient (Wildman–Crippen LogP) is 5.49. The number of sulfonamides is 1. The maximum Gasteiger partial charge on any atom is 0.264 e. The number of nitrogens with zero attached hydrogens (tertiary/aromatic N) is 2. The zero-order valence-electron chi connectivity index (χ0n) is 24.3. The number of nitrogens with one attached hydrogen (secondary N) is 1. The van der Waals surface area contributed by atoms with E-state index in [0.29, 0.717) is 0 Å². The highest BCUT2D eigenvalue weighted by molar-refractivity contribution is 7.92. The summed E-state index contributed by atoms with van der Waals surface area (Å²) in [7, 11) is -2.84. The summed E-state index contributed by atoms with van der Waals surface area (Å²) in [4.78, 5) is 28.7. The highest BCUT2D eigenvalue weighted by atomic mass is 35.5. The lowest BCUT2D eigenvalue weighted by Gasteiger charge is -2.33. The molecule has 0 aliphatic heterocycles. The number of amides is 2. The lowest BCUT2D eigenvalue weighted by molar-refractivity contribution is -0.139. The molecule has 3 rings (SSSR count). The van der Waals surface area contributed by atoms with Gasteiger partial charge in [-0.05, 0) is 70.0 Å². The van der Waals surface area contributed by atoms with Crippen molar-refractivity contribution in [3.63, 3.8) is 0 Å². The number of carbonyl (C=O) groups excluding carboxylic acids is 2. The quantitative estimate of drug-likeness (QED) is 0.297. The van der Waals surface area contributed by atoms with E-state index in [4.69, 9.17) is 16.3 Å². The smallest absolute Gasteiger partial charge is 0.264 e. The SMILES string of the molecule is CC[C@H](C)NC(=O)[C@@H](C)N(Cc1cccc(C)c1)C(=O)CN(c1cc(Cl)ccc1OC)S(=O)(=O)c1ccc(C)cc1. The number of hydrogen-bond donors (Lipinski definition) is 1. The van der Waals surface area contributed by atoms with Gasteiger partial charge in [0.15, 0.2) is 0 Å². The van der Waals surface area contributed by atoms with Gasteiger partial charge in [0, 0.05) is 17.6 Å². The van der Waals surface area contributed by atoms with Crippen molar-refractivity contribution in [2.24, 2.45) is 0 Å². The van der Waals surface area contributed by atoms with Gasteiger partial charge in [0.1, 0.15) is 18.3 Å². The van der Waals surface area contributed by atoms with Crippen molar-refractivity contribution in [3.05, 3.63) is 88.4 Å². The van der Waals surface area contributed by atoms with Crippen LogP contribution in [0.3, 0.4) is 0 Å². The second-order valence-electron chi connectivity index (χ2n) is 10.1. The summed E-state index contributed by atoms with van der Waals surface area (Å²) < 4.78 is 34.6. The van der Waals surface area contributed by atoms with E-state index >= 15 is 0 Å². The van der Waals surface area contributed by atoms with Crippen LogP contribution in [0.5, 0.6) is 5.75 Å². The standard InChI is InChI=1S/C31H38ClN3O5S/c1-7-23(4)33-31(37)24(5)34(19-25-10-8-9-22(3)17-25)30(36)20-35(28-18-26(32)13-16-29(28)40-6)41(38,39)27-14-11-21(2)12-15-27/h8-18,23-24H,7,19-20H2,1-6H3,(H,33,37)/t23-,24+/m0/s1. The number of halogens is 1. The van der Waals surface area contributed by atoms with Gasteiger partial charge in [-0.1, -0.05) is 66.0 Å². The van der Waals surface area contributed by atoms with Gasteiger partial charge >= 0.3 is 0 Å². The predicted molar refractivity (Wildman–Crippen MR) is 163 cm³/mol. The zero-order valence-corrected chi connectivity index (χ0v) is 25.9. The second-order valence-corrected chi connectivity index (χ2v) is 12.4.